The van der Waals surface area contributed by atoms with E-state index in [2.05, 4.69) is 19.6 Å². The van der Waals surface area contributed by atoms with Gasteiger partial charge in [0.15, 0.2) is 0 Å². The first kappa shape index (κ1) is 20.4. The Morgan fingerprint density at radius 1 is 0.647 bits per heavy atom. The van der Waals surface area contributed by atoms with Gasteiger partial charge in [-0.3, -0.25) is 5.75 Å². The molecule has 0 heterocycles. The van der Waals surface area contributed by atoms with Crippen LogP contribution in [0.25, 0.3) is 0 Å². The Balaban J connectivity index is 0. The van der Waals surface area contributed by atoms with Crippen molar-refractivity contribution in [2.45, 2.75) is 90.4 Å². The molecule has 0 spiro atoms. The summed E-state index contributed by atoms with van der Waals surface area (Å²) in [4.78, 5) is 0. The summed E-state index contributed by atoms with van der Waals surface area (Å²) in [5, 5.41) is 0. The third kappa shape index (κ3) is 19.6. The number of unbranched alkanes of at least 4 members (excludes halogenated alkanes) is 12. The Hall–Kier alpha value is 1.09. The van der Waals surface area contributed by atoms with Crippen molar-refractivity contribution in [1.82, 2.24) is 0 Å². The molecular formula is C15H31AuS. The van der Waals surface area contributed by atoms with Crippen LogP contribution in [0.3, 0.4) is 0 Å². The SMILES string of the molecule is CCCCCCCCCCCCCC[CH-]S.[Au+]. The third-order valence-corrected chi connectivity index (χ3v) is 3.44. The van der Waals surface area contributed by atoms with Gasteiger partial charge in [0.2, 0.25) is 0 Å². The molecule has 108 valence electrons. The van der Waals surface area contributed by atoms with Crippen LogP contribution < -0.4 is 0 Å². The van der Waals surface area contributed by atoms with E-state index in [1.165, 1.54) is 83.5 Å². The predicted molar refractivity (Wildman–Crippen MR) is 79.0 cm³/mol. The van der Waals surface area contributed by atoms with Crippen LogP contribution in [0.15, 0.2) is 0 Å². The molecule has 0 aromatic rings. The van der Waals surface area contributed by atoms with E-state index in [4.69, 9.17) is 0 Å². The maximum Gasteiger partial charge on any atom is 1.00 e. The maximum atomic E-state index is 4.10. The molecule has 0 radical (unpaired) electrons. The fourth-order valence-electron chi connectivity index (χ4n) is 2.08. The van der Waals surface area contributed by atoms with Gasteiger partial charge in [-0.05, 0) is 0 Å². The average molecular weight is 440 g/mol. The molecule has 0 aliphatic rings. The van der Waals surface area contributed by atoms with E-state index in [1.54, 1.807) is 0 Å². The molecule has 0 fully saturated rings. The Kier molecular flexibility index (Phi) is 23.3. The smallest absolute Gasteiger partial charge is 0.369 e. The Bertz CT molecular complexity index is 103. The number of hydrogen-bond donors (Lipinski definition) is 1. The van der Waals surface area contributed by atoms with E-state index in [0.29, 0.717) is 0 Å². The van der Waals surface area contributed by atoms with E-state index < -0.39 is 0 Å². The molecule has 17 heavy (non-hydrogen) atoms. The number of thiol groups is 1. The Labute approximate surface area is 131 Å². The quantitative estimate of drug-likeness (QED) is 0.151. The van der Waals surface area contributed by atoms with Crippen molar-refractivity contribution in [2.75, 3.05) is 0 Å². The van der Waals surface area contributed by atoms with Crippen molar-refractivity contribution in [3.8, 4) is 0 Å². The normalized spacial score (nSPS) is 10.2. The molecule has 0 bridgehead atoms. The summed E-state index contributed by atoms with van der Waals surface area (Å²) in [5.74, 6) is 1.98. The summed E-state index contributed by atoms with van der Waals surface area (Å²) in [6, 6.07) is 0. The topological polar surface area (TPSA) is 0 Å². The summed E-state index contributed by atoms with van der Waals surface area (Å²) in [6.07, 6.45) is 18.4. The van der Waals surface area contributed by atoms with Crippen LogP contribution in [0, 0.1) is 5.75 Å². The summed E-state index contributed by atoms with van der Waals surface area (Å²) >= 11 is 4.10. The molecule has 0 unspecified atom stereocenters. The fraction of sp³-hybridized carbons (Fsp3) is 0.933. The summed E-state index contributed by atoms with van der Waals surface area (Å²) in [5.41, 5.74) is 0. The number of hydrogen-bond acceptors (Lipinski definition) is 1. The third-order valence-electron chi connectivity index (χ3n) is 3.19. The number of rotatable bonds is 13. The first-order valence-corrected chi connectivity index (χ1v) is 7.89. The van der Waals surface area contributed by atoms with Gasteiger partial charge in [0.05, 0.1) is 0 Å². The van der Waals surface area contributed by atoms with Gasteiger partial charge in [0, 0.05) is 0 Å². The Morgan fingerprint density at radius 2 is 1.00 bits per heavy atom. The second kappa shape index (κ2) is 19.4. The van der Waals surface area contributed by atoms with Gasteiger partial charge in [-0.1, -0.05) is 84.0 Å². The molecule has 0 aliphatic carbocycles. The largest absolute Gasteiger partial charge is 1.00 e. The minimum atomic E-state index is 0. The Morgan fingerprint density at radius 3 is 1.35 bits per heavy atom. The summed E-state index contributed by atoms with van der Waals surface area (Å²) < 4.78 is 0. The molecule has 0 saturated carbocycles. The van der Waals surface area contributed by atoms with E-state index in [1.807, 2.05) is 5.75 Å². The van der Waals surface area contributed by atoms with Crippen molar-refractivity contribution in [2.24, 2.45) is 0 Å². The van der Waals surface area contributed by atoms with E-state index >= 15 is 0 Å². The minimum Gasteiger partial charge on any atom is -0.369 e. The first-order chi connectivity index (χ1) is 7.91. The van der Waals surface area contributed by atoms with Crippen molar-refractivity contribution in [3.63, 3.8) is 0 Å². The van der Waals surface area contributed by atoms with Crippen LogP contribution in [0.5, 0.6) is 0 Å². The van der Waals surface area contributed by atoms with Crippen LogP contribution in [0.2, 0.25) is 0 Å². The molecule has 0 saturated heterocycles. The standard InChI is InChI=1S/C15H31S.Au/c1-2-3-4-5-6-7-8-9-10-11-12-13-14-15-16;/h15-16H,2-14H2,1H3;/q-1;+1. The molecule has 2 heteroatoms. The minimum absolute atomic E-state index is 0. The zero-order chi connectivity index (χ0) is 11.9. The molecule has 0 nitrogen and oxygen atoms in total. The monoisotopic (exact) mass is 440 g/mol. The predicted octanol–water partition coefficient (Wildman–Crippen LogP) is 6.17. The van der Waals surface area contributed by atoms with Crippen molar-refractivity contribution in [1.29, 1.82) is 0 Å². The van der Waals surface area contributed by atoms with Crippen LogP contribution in [0.1, 0.15) is 90.4 Å². The van der Waals surface area contributed by atoms with Gasteiger partial charge < -0.3 is 12.6 Å². The maximum absolute atomic E-state index is 4.10. The van der Waals surface area contributed by atoms with Crippen LogP contribution in [-0.2, 0) is 22.4 Å². The van der Waals surface area contributed by atoms with Gasteiger partial charge in [0.25, 0.3) is 0 Å². The molecule has 0 N–H and O–H groups in total. The van der Waals surface area contributed by atoms with Gasteiger partial charge in [0.1, 0.15) is 0 Å². The van der Waals surface area contributed by atoms with Gasteiger partial charge >= 0.3 is 22.4 Å². The second-order valence-electron chi connectivity index (χ2n) is 4.86. The van der Waals surface area contributed by atoms with Gasteiger partial charge in [-0.2, -0.15) is 6.42 Å². The molecule has 0 aromatic carbocycles. The molecule has 0 rings (SSSR count). The van der Waals surface area contributed by atoms with E-state index in [0.717, 1.165) is 0 Å². The fourth-order valence-corrected chi connectivity index (χ4v) is 2.26. The van der Waals surface area contributed by atoms with Crippen LogP contribution >= 0.6 is 12.6 Å². The average Bonchev–Trinajstić information content (AvgIpc) is 2.31. The zero-order valence-corrected chi connectivity index (χ0v) is 14.6. The molecule has 0 amide bonds. The molecule has 0 aliphatic heterocycles. The molecule has 0 aromatic heterocycles. The molecule has 0 atom stereocenters. The van der Waals surface area contributed by atoms with Crippen molar-refractivity contribution < 1.29 is 22.4 Å². The summed E-state index contributed by atoms with van der Waals surface area (Å²) in [7, 11) is 0. The van der Waals surface area contributed by atoms with Crippen molar-refractivity contribution in [3.05, 3.63) is 5.75 Å². The van der Waals surface area contributed by atoms with E-state index in [9.17, 15) is 0 Å². The molecular weight excluding hydrogens is 409 g/mol. The van der Waals surface area contributed by atoms with Crippen LogP contribution in [0.4, 0.5) is 0 Å². The second-order valence-corrected chi connectivity index (χ2v) is 5.23. The first-order valence-electron chi connectivity index (χ1n) is 7.37. The summed E-state index contributed by atoms with van der Waals surface area (Å²) in [6.45, 7) is 2.28. The van der Waals surface area contributed by atoms with Crippen LogP contribution in [-0.4, -0.2) is 0 Å². The van der Waals surface area contributed by atoms with Gasteiger partial charge in [-0.15, -0.1) is 0 Å². The zero-order valence-electron chi connectivity index (χ0n) is 11.5. The van der Waals surface area contributed by atoms with Gasteiger partial charge in [-0.25, -0.2) is 0 Å². The van der Waals surface area contributed by atoms with E-state index in [-0.39, 0.29) is 22.4 Å². The van der Waals surface area contributed by atoms with Crippen molar-refractivity contribution >= 4 is 12.6 Å².